The predicted molar refractivity (Wildman–Crippen MR) is 88.3 cm³/mol. The summed E-state index contributed by atoms with van der Waals surface area (Å²) in [5, 5.41) is 13.9. The summed E-state index contributed by atoms with van der Waals surface area (Å²) in [6.07, 6.45) is 6.42. The maximum atomic E-state index is 12.1. The van der Waals surface area contributed by atoms with Crippen molar-refractivity contribution in [2.24, 2.45) is 0 Å². The number of carbonyl (C=O) groups is 1. The molecule has 5 nitrogen and oxygen atoms in total. The summed E-state index contributed by atoms with van der Waals surface area (Å²) in [5.74, 6) is 0.244. The smallest absolute Gasteiger partial charge is 0.189 e. The molecule has 0 aliphatic carbocycles. The van der Waals surface area contributed by atoms with Gasteiger partial charge >= 0.3 is 0 Å². The first-order chi connectivity index (χ1) is 10.4. The van der Waals surface area contributed by atoms with Crippen molar-refractivity contribution in [3.8, 4) is 11.5 Å². The van der Waals surface area contributed by atoms with Crippen LogP contribution in [0, 0.1) is 0 Å². The molecule has 0 amide bonds. The van der Waals surface area contributed by atoms with Gasteiger partial charge in [0.05, 0.1) is 23.3 Å². The second-order valence-electron chi connectivity index (χ2n) is 5.05. The quantitative estimate of drug-likeness (QED) is 0.646. The van der Waals surface area contributed by atoms with Gasteiger partial charge in [-0.15, -0.1) is 0 Å². The number of halogens is 1. The molecule has 0 saturated carbocycles. The molecule has 2 rings (SSSR count). The molecule has 1 N–H and O–H groups in total. The van der Waals surface area contributed by atoms with Gasteiger partial charge in [0.25, 0.3) is 0 Å². The minimum atomic E-state index is -0.130. The monoisotopic (exact) mass is 364 g/mol. The molecule has 0 aliphatic rings. The Hall–Kier alpha value is -2.08. The van der Waals surface area contributed by atoms with Crippen molar-refractivity contribution in [1.29, 1.82) is 0 Å². The summed E-state index contributed by atoms with van der Waals surface area (Å²) in [4.78, 5) is 12.1. The fraction of sp³-hybridized carbons (Fsp3) is 0.250. The molecule has 22 heavy (non-hydrogen) atoms. The number of methoxy groups -OCH3 is 1. The fourth-order valence-corrected chi connectivity index (χ4v) is 2.32. The third kappa shape index (κ3) is 3.57. The number of benzene rings is 1. The Morgan fingerprint density at radius 1 is 1.45 bits per heavy atom. The van der Waals surface area contributed by atoms with Crippen LogP contribution in [0.2, 0.25) is 0 Å². The second-order valence-corrected chi connectivity index (χ2v) is 5.91. The molecule has 0 fully saturated rings. The van der Waals surface area contributed by atoms with Crippen LogP contribution in [0.1, 0.15) is 35.8 Å². The van der Waals surface area contributed by atoms with Crippen LogP contribution in [-0.4, -0.2) is 27.8 Å². The number of allylic oxidation sites excluding steroid dienone is 1. The van der Waals surface area contributed by atoms with Gasteiger partial charge in [0.1, 0.15) is 0 Å². The van der Waals surface area contributed by atoms with Crippen LogP contribution < -0.4 is 4.74 Å². The molecule has 0 saturated heterocycles. The summed E-state index contributed by atoms with van der Waals surface area (Å²) in [5.41, 5.74) is 1.28. The Bertz CT molecular complexity index is 720. The average molecular weight is 365 g/mol. The highest BCUT2D eigenvalue weighted by molar-refractivity contribution is 9.10. The van der Waals surface area contributed by atoms with E-state index in [1.54, 1.807) is 35.3 Å². The molecule has 2 aromatic rings. The molecule has 1 aromatic heterocycles. The van der Waals surface area contributed by atoms with E-state index in [9.17, 15) is 9.90 Å². The lowest BCUT2D eigenvalue weighted by Gasteiger charge is -2.06. The molecule has 6 heteroatoms. The number of carbonyl (C=O) groups excluding carboxylic acids is 1. The molecule has 0 bridgehead atoms. The first kappa shape index (κ1) is 16.3. The molecule has 1 aromatic carbocycles. The summed E-state index contributed by atoms with van der Waals surface area (Å²) in [6.45, 7) is 3.99. The number of hydrogen-bond acceptors (Lipinski definition) is 4. The highest BCUT2D eigenvalue weighted by Gasteiger charge is 2.09. The normalized spacial score (nSPS) is 11.3. The van der Waals surface area contributed by atoms with Gasteiger partial charge in [0, 0.05) is 12.2 Å². The first-order valence-corrected chi connectivity index (χ1v) is 7.54. The molecular weight excluding hydrogens is 348 g/mol. The zero-order valence-electron chi connectivity index (χ0n) is 12.6. The van der Waals surface area contributed by atoms with Crippen LogP contribution >= 0.6 is 15.9 Å². The molecular formula is C16H17BrN2O3. The maximum absolute atomic E-state index is 12.1. The van der Waals surface area contributed by atoms with E-state index in [0.29, 0.717) is 15.8 Å². The van der Waals surface area contributed by atoms with Crippen molar-refractivity contribution < 1.29 is 14.6 Å². The number of rotatable bonds is 5. The standard InChI is InChI=1S/C16H17BrN2O3/c1-10(2)19-9-12(8-18-19)14(20)5-4-11-6-13(17)16(21)15(7-11)22-3/h4-10,21H,1-3H3/b5-4+. The van der Waals surface area contributed by atoms with E-state index in [1.807, 2.05) is 13.8 Å². The minimum Gasteiger partial charge on any atom is -0.503 e. The molecule has 0 aliphatic heterocycles. The van der Waals surface area contributed by atoms with E-state index < -0.39 is 0 Å². The first-order valence-electron chi connectivity index (χ1n) is 6.75. The Kier molecular flexibility index (Phi) is 5.03. The summed E-state index contributed by atoms with van der Waals surface area (Å²) < 4.78 is 7.32. The van der Waals surface area contributed by atoms with Gasteiger partial charge in [-0.3, -0.25) is 9.48 Å². The van der Waals surface area contributed by atoms with Gasteiger partial charge in [-0.1, -0.05) is 6.08 Å². The topological polar surface area (TPSA) is 64.3 Å². The number of hydrogen-bond donors (Lipinski definition) is 1. The number of phenols is 1. The van der Waals surface area contributed by atoms with Crippen molar-refractivity contribution in [3.63, 3.8) is 0 Å². The van der Waals surface area contributed by atoms with Crippen molar-refractivity contribution in [1.82, 2.24) is 9.78 Å². The molecule has 0 atom stereocenters. The molecule has 0 spiro atoms. The van der Waals surface area contributed by atoms with Crippen LogP contribution in [0.4, 0.5) is 0 Å². The van der Waals surface area contributed by atoms with Gasteiger partial charge in [-0.2, -0.15) is 5.10 Å². The summed E-state index contributed by atoms with van der Waals surface area (Å²) in [7, 11) is 1.47. The Morgan fingerprint density at radius 3 is 2.77 bits per heavy atom. The van der Waals surface area contributed by atoms with Gasteiger partial charge in [-0.25, -0.2) is 0 Å². The van der Waals surface area contributed by atoms with Gasteiger partial charge in [0.15, 0.2) is 17.3 Å². The van der Waals surface area contributed by atoms with E-state index >= 15 is 0 Å². The number of nitrogens with zero attached hydrogens (tertiary/aromatic N) is 2. The van der Waals surface area contributed by atoms with E-state index in [0.717, 1.165) is 5.56 Å². The second kappa shape index (κ2) is 6.79. The van der Waals surface area contributed by atoms with Gasteiger partial charge in [0.2, 0.25) is 0 Å². The largest absolute Gasteiger partial charge is 0.503 e. The zero-order valence-corrected chi connectivity index (χ0v) is 14.2. The van der Waals surface area contributed by atoms with Crippen LogP contribution in [0.25, 0.3) is 6.08 Å². The van der Waals surface area contributed by atoms with E-state index in [-0.39, 0.29) is 17.6 Å². The number of aromatic nitrogens is 2. The number of phenolic OH excluding ortho intramolecular Hbond substituents is 1. The Labute approximate surface area is 137 Å². The van der Waals surface area contributed by atoms with E-state index in [2.05, 4.69) is 21.0 Å². The number of ketones is 1. The van der Waals surface area contributed by atoms with E-state index in [1.165, 1.54) is 13.2 Å². The average Bonchev–Trinajstić information content (AvgIpc) is 2.98. The van der Waals surface area contributed by atoms with Crippen molar-refractivity contribution in [3.05, 3.63) is 46.2 Å². The summed E-state index contributed by atoms with van der Waals surface area (Å²) in [6, 6.07) is 3.57. The third-order valence-electron chi connectivity index (χ3n) is 3.11. The lowest BCUT2D eigenvalue weighted by Crippen LogP contribution is -2.00. The molecule has 0 unspecified atom stereocenters. The molecule has 0 radical (unpaired) electrons. The fourth-order valence-electron chi connectivity index (χ4n) is 1.86. The Balaban J connectivity index is 2.20. The SMILES string of the molecule is COc1cc(/C=C/C(=O)c2cnn(C(C)C)c2)cc(Br)c1O. The van der Waals surface area contributed by atoms with Crippen molar-refractivity contribution in [2.45, 2.75) is 19.9 Å². The van der Waals surface area contributed by atoms with Crippen LogP contribution in [0.15, 0.2) is 35.1 Å². The Morgan fingerprint density at radius 2 is 2.18 bits per heavy atom. The predicted octanol–water partition coefficient (Wildman–Crippen LogP) is 3.84. The van der Waals surface area contributed by atoms with Gasteiger partial charge < -0.3 is 9.84 Å². The van der Waals surface area contributed by atoms with Crippen LogP contribution in [0.5, 0.6) is 11.5 Å². The molecule has 116 valence electrons. The van der Waals surface area contributed by atoms with Crippen LogP contribution in [0.3, 0.4) is 0 Å². The maximum Gasteiger partial charge on any atom is 0.189 e. The molecule has 1 heterocycles. The highest BCUT2D eigenvalue weighted by atomic mass is 79.9. The summed E-state index contributed by atoms with van der Waals surface area (Å²) >= 11 is 3.25. The zero-order chi connectivity index (χ0) is 16.3. The van der Waals surface area contributed by atoms with Crippen molar-refractivity contribution >= 4 is 27.8 Å². The lowest BCUT2D eigenvalue weighted by atomic mass is 10.1. The number of aromatic hydroxyl groups is 1. The minimum absolute atomic E-state index is 0.0317. The van der Waals surface area contributed by atoms with Crippen molar-refractivity contribution in [2.75, 3.05) is 7.11 Å². The highest BCUT2D eigenvalue weighted by Crippen LogP contribution is 2.35. The lowest BCUT2D eigenvalue weighted by molar-refractivity contribution is 0.104. The van der Waals surface area contributed by atoms with E-state index in [4.69, 9.17) is 4.74 Å². The van der Waals surface area contributed by atoms with Gasteiger partial charge in [-0.05, 0) is 53.5 Å². The van der Waals surface area contributed by atoms with Crippen LogP contribution in [-0.2, 0) is 0 Å². The number of ether oxygens (including phenoxy) is 1. The third-order valence-corrected chi connectivity index (χ3v) is 3.72.